The third kappa shape index (κ3) is 8.23. The van der Waals surface area contributed by atoms with Crippen molar-refractivity contribution < 1.29 is 14.3 Å². The van der Waals surface area contributed by atoms with E-state index < -0.39 is 11.6 Å². The van der Waals surface area contributed by atoms with Crippen LogP contribution < -0.4 is 0 Å². The first-order chi connectivity index (χ1) is 15.2. The Morgan fingerprint density at radius 2 is 1.59 bits per heavy atom. The molecule has 0 unspecified atom stereocenters. The number of aliphatic carboxylic acids is 1. The van der Waals surface area contributed by atoms with Gasteiger partial charge in [-0.3, -0.25) is 4.79 Å². The molecule has 0 aliphatic carbocycles. The molecule has 0 bridgehead atoms. The lowest BCUT2D eigenvalue weighted by Gasteiger charge is -2.14. The molecule has 0 atom stereocenters. The van der Waals surface area contributed by atoms with Crippen molar-refractivity contribution in [2.75, 3.05) is 0 Å². The van der Waals surface area contributed by atoms with Crippen molar-refractivity contribution in [3.05, 3.63) is 81.5 Å². The van der Waals surface area contributed by atoms with E-state index in [1.54, 1.807) is 25.2 Å². The Labute approximate surface area is 196 Å². The monoisotopic (exact) mass is 454 g/mol. The van der Waals surface area contributed by atoms with Gasteiger partial charge in [0.05, 0.1) is 0 Å². The molecule has 2 nitrogen and oxygen atoms in total. The molecule has 1 aromatic heterocycles. The number of alkyl halides is 1. The molecule has 0 saturated carbocycles. The maximum absolute atomic E-state index is 14.7. The Bertz CT molecular complexity index is 953. The van der Waals surface area contributed by atoms with E-state index >= 15 is 0 Å². The molecule has 0 aliphatic heterocycles. The van der Waals surface area contributed by atoms with Crippen LogP contribution in [0.25, 0.3) is 11.1 Å². The van der Waals surface area contributed by atoms with Crippen LogP contribution in [0.2, 0.25) is 0 Å². The highest BCUT2D eigenvalue weighted by Crippen LogP contribution is 2.40. The number of thiophene rings is 1. The highest BCUT2D eigenvalue weighted by atomic mass is 32.1. The van der Waals surface area contributed by atoms with Gasteiger partial charge in [-0.05, 0) is 67.9 Å². The molecule has 3 rings (SSSR count). The second kappa shape index (κ2) is 12.5. The Morgan fingerprint density at radius 3 is 2.09 bits per heavy atom. The Hall–Kier alpha value is -2.46. The molecule has 0 saturated heterocycles. The van der Waals surface area contributed by atoms with Gasteiger partial charge in [0.2, 0.25) is 0 Å². The molecule has 3 aromatic rings. The molecule has 0 fully saturated rings. The summed E-state index contributed by atoms with van der Waals surface area (Å²) in [7, 11) is 0. The lowest BCUT2D eigenvalue weighted by atomic mass is 9.98. The highest BCUT2D eigenvalue weighted by Gasteiger charge is 2.26. The summed E-state index contributed by atoms with van der Waals surface area (Å²) < 4.78 is 14.7. The predicted molar refractivity (Wildman–Crippen MR) is 134 cm³/mol. The van der Waals surface area contributed by atoms with Crippen molar-refractivity contribution in [2.24, 2.45) is 0 Å². The first-order valence-electron chi connectivity index (χ1n) is 11.4. The largest absolute Gasteiger partial charge is 0.481 e. The zero-order chi connectivity index (χ0) is 23.6. The van der Waals surface area contributed by atoms with Crippen LogP contribution >= 0.6 is 11.3 Å². The lowest BCUT2D eigenvalue weighted by molar-refractivity contribution is -0.137. The summed E-state index contributed by atoms with van der Waals surface area (Å²) in [5.74, 6) is -0.693. The number of carboxylic acids is 1. The minimum atomic E-state index is -1.32. The van der Waals surface area contributed by atoms with Gasteiger partial charge in [0, 0.05) is 16.2 Å². The number of rotatable bonds is 9. The van der Waals surface area contributed by atoms with Crippen LogP contribution in [0.3, 0.4) is 0 Å². The molecule has 0 aliphatic rings. The van der Waals surface area contributed by atoms with Crippen LogP contribution in [0.4, 0.5) is 4.39 Å². The normalized spacial score (nSPS) is 11.0. The fraction of sp³-hybridized carbons (Fsp3) is 0.393. The molecule has 0 spiro atoms. The average molecular weight is 455 g/mol. The van der Waals surface area contributed by atoms with Gasteiger partial charge in [0.15, 0.2) is 0 Å². The van der Waals surface area contributed by atoms with Gasteiger partial charge in [0.1, 0.15) is 5.67 Å². The number of hydrogen-bond donors (Lipinski definition) is 1. The zero-order valence-electron chi connectivity index (χ0n) is 19.7. The molecular weight excluding hydrogens is 419 g/mol. The van der Waals surface area contributed by atoms with Crippen LogP contribution in [0.5, 0.6) is 0 Å². The second-order valence-electron chi connectivity index (χ2n) is 8.46. The molecule has 172 valence electrons. The SMILES string of the molecule is CCCCC(=O)O.CCc1ccc(CCc2cc(-c3ccccc3)c(C(C)(C)F)s2)cc1. The predicted octanol–water partition coefficient (Wildman–Crippen LogP) is 8.23. The second-order valence-corrected chi connectivity index (χ2v) is 9.60. The highest BCUT2D eigenvalue weighted by molar-refractivity contribution is 7.12. The third-order valence-corrected chi connectivity index (χ3v) is 6.74. The van der Waals surface area contributed by atoms with Gasteiger partial charge in [-0.15, -0.1) is 11.3 Å². The van der Waals surface area contributed by atoms with Gasteiger partial charge in [-0.2, -0.15) is 0 Å². The lowest BCUT2D eigenvalue weighted by Crippen LogP contribution is -2.07. The summed E-state index contributed by atoms with van der Waals surface area (Å²) >= 11 is 1.61. The molecule has 1 N–H and O–H groups in total. The number of carboxylic acid groups (broad SMARTS) is 1. The van der Waals surface area contributed by atoms with Crippen molar-refractivity contribution in [1.82, 2.24) is 0 Å². The number of hydrogen-bond acceptors (Lipinski definition) is 2. The summed E-state index contributed by atoms with van der Waals surface area (Å²) in [6.45, 7) is 7.45. The van der Waals surface area contributed by atoms with E-state index in [0.29, 0.717) is 6.42 Å². The fourth-order valence-electron chi connectivity index (χ4n) is 3.38. The minimum Gasteiger partial charge on any atom is -0.481 e. The van der Waals surface area contributed by atoms with Crippen molar-refractivity contribution in [2.45, 2.75) is 71.9 Å². The Kier molecular flexibility index (Phi) is 10.1. The maximum atomic E-state index is 14.7. The van der Waals surface area contributed by atoms with Crippen LogP contribution in [-0.4, -0.2) is 11.1 Å². The summed E-state index contributed by atoms with van der Waals surface area (Å²) in [4.78, 5) is 11.8. The molecule has 32 heavy (non-hydrogen) atoms. The molecule has 1 heterocycles. The van der Waals surface area contributed by atoms with Crippen molar-refractivity contribution >= 4 is 17.3 Å². The Morgan fingerprint density at radius 1 is 0.969 bits per heavy atom. The van der Waals surface area contributed by atoms with Crippen molar-refractivity contribution in [1.29, 1.82) is 0 Å². The van der Waals surface area contributed by atoms with Gasteiger partial charge in [-0.1, -0.05) is 74.9 Å². The molecule has 0 radical (unpaired) electrons. The van der Waals surface area contributed by atoms with Gasteiger partial charge >= 0.3 is 5.97 Å². The smallest absolute Gasteiger partial charge is 0.303 e. The van der Waals surface area contributed by atoms with Crippen LogP contribution in [0.15, 0.2) is 60.7 Å². The van der Waals surface area contributed by atoms with Crippen LogP contribution in [0.1, 0.15) is 67.8 Å². The van der Waals surface area contributed by atoms with Crippen LogP contribution in [0, 0.1) is 0 Å². The van der Waals surface area contributed by atoms with E-state index in [0.717, 1.165) is 48.1 Å². The van der Waals surface area contributed by atoms with E-state index in [-0.39, 0.29) is 0 Å². The number of aryl methyl sites for hydroxylation is 3. The number of carbonyl (C=O) groups is 1. The van der Waals surface area contributed by atoms with Gasteiger partial charge < -0.3 is 5.11 Å². The summed E-state index contributed by atoms with van der Waals surface area (Å²) in [5, 5.41) is 8.04. The first kappa shape index (κ1) is 25.8. The first-order valence-corrected chi connectivity index (χ1v) is 12.2. The van der Waals surface area contributed by atoms with E-state index in [9.17, 15) is 9.18 Å². The fourth-order valence-corrected chi connectivity index (χ4v) is 4.55. The standard InChI is InChI=1S/C23H25FS.C5H10O2/c1-4-17-10-12-18(13-11-17)14-15-20-16-21(19-8-6-5-7-9-19)22(25-20)23(2,3)24;1-2-3-4-5(6)7/h5-13,16H,4,14-15H2,1-3H3;2-4H2,1H3,(H,6,7). The maximum Gasteiger partial charge on any atom is 0.303 e. The summed E-state index contributed by atoms with van der Waals surface area (Å²) in [6, 6.07) is 21.1. The van der Waals surface area contributed by atoms with E-state index in [1.165, 1.54) is 16.0 Å². The average Bonchev–Trinajstić information content (AvgIpc) is 3.23. The number of unbranched alkanes of at least 4 members (excludes halogenated alkanes) is 1. The van der Waals surface area contributed by atoms with Crippen LogP contribution in [-0.2, 0) is 29.7 Å². The Balaban J connectivity index is 0.000000451. The molecular formula is C28H35FO2S. The zero-order valence-corrected chi connectivity index (χ0v) is 20.5. The van der Waals surface area contributed by atoms with E-state index in [1.807, 2.05) is 25.1 Å². The molecule has 0 amide bonds. The van der Waals surface area contributed by atoms with Gasteiger partial charge in [-0.25, -0.2) is 4.39 Å². The third-order valence-electron chi connectivity index (χ3n) is 5.24. The van der Waals surface area contributed by atoms with Gasteiger partial charge in [0.25, 0.3) is 0 Å². The molecule has 2 aromatic carbocycles. The van der Waals surface area contributed by atoms with E-state index in [4.69, 9.17) is 5.11 Å². The quantitative estimate of drug-likeness (QED) is 0.353. The summed E-state index contributed by atoms with van der Waals surface area (Å²) in [5.41, 5.74) is 3.52. The minimum absolute atomic E-state index is 0.316. The van der Waals surface area contributed by atoms with Crippen molar-refractivity contribution in [3.8, 4) is 11.1 Å². The van der Waals surface area contributed by atoms with E-state index in [2.05, 4.69) is 49.4 Å². The number of benzene rings is 2. The topological polar surface area (TPSA) is 37.3 Å². The number of halogens is 1. The summed E-state index contributed by atoms with van der Waals surface area (Å²) in [6.07, 6.45) is 5.09. The molecule has 4 heteroatoms. The van der Waals surface area contributed by atoms with Crippen molar-refractivity contribution in [3.63, 3.8) is 0 Å².